The van der Waals surface area contributed by atoms with Crippen molar-refractivity contribution in [3.8, 4) is 0 Å². The number of nitrogens with two attached hydrogens (primary N) is 1. The molecular weight excluding hydrogens is 301 g/mol. The minimum absolute atomic E-state index is 0.0860. The van der Waals surface area contributed by atoms with Crippen molar-refractivity contribution in [1.29, 1.82) is 0 Å². The van der Waals surface area contributed by atoms with Gasteiger partial charge >= 0.3 is 0 Å². The monoisotopic (exact) mass is 319 g/mol. The van der Waals surface area contributed by atoms with Gasteiger partial charge in [0, 0.05) is 0 Å². The van der Waals surface area contributed by atoms with E-state index >= 15 is 0 Å². The molecule has 0 aliphatic heterocycles. The van der Waals surface area contributed by atoms with Gasteiger partial charge in [0.15, 0.2) is 0 Å². The average molecular weight is 320 g/mol. The van der Waals surface area contributed by atoms with E-state index in [0.29, 0.717) is 16.6 Å². The molecular formula is C18H19Cl2N. The third-order valence-corrected chi connectivity index (χ3v) is 5.50. The van der Waals surface area contributed by atoms with Crippen LogP contribution in [0, 0.1) is 5.41 Å². The van der Waals surface area contributed by atoms with E-state index in [1.807, 2.05) is 12.1 Å². The number of aryl methyl sites for hydroxylation is 1. The Labute approximate surface area is 136 Å². The predicted octanol–water partition coefficient (Wildman–Crippen LogP) is 4.67. The molecule has 0 spiro atoms. The van der Waals surface area contributed by atoms with E-state index in [4.69, 9.17) is 28.9 Å². The van der Waals surface area contributed by atoms with Crippen molar-refractivity contribution < 1.29 is 0 Å². The van der Waals surface area contributed by atoms with Crippen LogP contribution in [0.2, 0.25) is 10.0 Å². The van der Waals surface area contributed by atoms with Gasteiger partial charge in [-0.05, 0) is 60.4 Å². The topological polar surface area (TPSA) is 26.0 Å². The number of hydrogen-bond donors (Lipinski definition) is 1. The summed E-state index contributed by atoms with van der Waals surface area (Å²) in [5, 5.41) is 1.29. The third-order valence-electron chi connectivity index (χ3n) is 4.64. The Morgan fingerprint density at radius 2 is 1.76 bits per heavy atom. The Kier molecular flexibility index (Phi) is 4.26. The fraction of sp³-hybridized carbons (Fsp3) is 0.333. The first kappa shape index (κ1) is 14.9. The van der Waals surface area contributed by atoms with Crippen LogP contribution in [-0.2, 0) is 19.3 Å². The first-order valence-electron chi connectivity index (χ1n) is 7.33. The normalized spacial score (nSPS) is 21.1. The predicted molar refractivity (Wildman–Crippen MR) is 90.1 cm³/mol. The lowest BCUT2D eigenvalue weighted by Crippen LogP contribution is -2.38. The average Bonchev–Trinajstić information content (AvgIpc) is 2.52. The van der Waals surface area contributed by atoms with Gasteiger partial charge in [0.25, 0.3) is 0 Å². The molecule has 0 radical (unpaired) electrons. The molecule has 1 aliphatic rings. The minimum Gasteiger partial charge on any atom is -0.330 e. The summed E-state index contributed by atoms with van der Waals surface area (Å²) in [7, 11) is 0. The van der Waals surface area contributed by atoms with Gasteiger partial charge in [-0.2, -0.15) is 0 Å². The highest BCUT2D eigenvalue weighted by Gasteiger charge is 2.33. The molecule has 1 atom stereocenters. The van der Waals surface area contributed by atoms with Gasteiger partial charge in [-0.15, -0.1) is 0 Å². The van der Waals surface area contributed by atoms with Crippen molar-refractivity contribution in [2.45, 2.75) is 25.7 Å². The van der Waals surface area contributed by atoms with E-state index in [1.54, 1.807) is 0 Å². The van der Waals surface area contributed by atoms with Crippen LogP contribution in [0.25, 0.3) is 0 Å². The quantitative estimate of drug-likeness (QED) is 0.874. The van der Waals surface area contributed by atoms with E-state index in [9.17, 15) is 0 Å². The number of halogens is 2. The summed E-state index contributed by atoms with van der Waals surface area (Å²) in [4.78, 5) is 0. The largest absolute Gasteiger partial charge is 0.330 e. The van der Waals surface area contributed by atoms with Crippen LogP contribution in [0.4, 0.5) is 0 Å². The zero-order chi connectivity index (χ0) is 14.9. The molecule has 1 unspecified atom stereocenters. The van der Waals surface area contributed by atoms with Gasteiger partial charge in [0.05, 0.1) is 10.0 Å². The second-order valence-electron chi connectivity index (χ2n) is 6.04. The van der Waals surface area contributed by atoms with Crippen molar-refractivity contribution >= 4 is 23.2 Å². The molecule has 3 rings (SSSR count). The summed E-state index contributed by atoms with van der Waals surface area (Å²) in [6.07, 6.45) is 4.09. The lowest BCUT2D eigenvalue weighted by Gasteiger charge is -2.38. The molecule has 2 N–H and O–H groups in total. The highest BCUT2D eigenvalue weighted by molar-refractivity contribution is 6.42. The molecule has 0 bridgehead atoms. The fourth-order valence-electron chi connectivity index (χ4n) is 3.35. The molecule has 0 heterocycles. The smallest absolute Gasteiger partial charge is 0.0624 e. The van der Waals surface area contributed by atoms with Crippen LogP contribution in [0.5, 0.6) is 0 Å². The van der Waals surface area contributed by atoms with Crippen molar-refractivity contribution in [3.05, 3.63) is 69.2 Å². The molecule has 2 aromatic rings. The van der Waals surface area contributed by atoms with E-state index in [1.165, 1.54) is 11.1 Å². The molecule has 110 valence electrons. The van der Waals surface area contributed by atoms with Gasteiger partial charge in [-0.1, -0.05) is 59.6 Å². The Morgan fingerprint density at radius 3 is 2.52 bits per heavy atom. The standard InChI is InChI=1S/C18H19Cl2N/c19-16-7-3-6-15(17(16)20)11-18(12-21)9-8-13-4-1-2-5-14(13)10-18/h1-7H,8-12,21H2. The summed E-state index contributed by atoms with van der Waals surface area (Å²) in [5.74, 6) is 0. The maximum Gasteiger partial charge on any atom is 0.0624 e. The number of fused-ring (bicyclic) bond motifs is 1. The number of benzene rings is 2. The summed E-state index contributed by atoms with van der Waals surface area (Å²) >= 11 is 12.5. The van der Waals surface area contributed by atoms with E-state index in [2.05, 4.69) is 30.3 Å². The Hall–Kier alpha value is -1.02. The fourth-order valence-corrected chi connectivity index (χ4v) is 3.74. The molecule has 0 fully saturated rings. The second kappa shape index (κ2) is 6.00. The maximum atomic E-state index is 6.36. The third kappa shape index (κ3) is 2.96. The molecule has 0 amide bonds. The molecule has 1 aliphatic carbocycles. The summed E-state index contributed by atoms with van der Waals surface area (Å²) in [6.45, 7) is 0.671. The van der Waals surface area contributed by atoms with E-state index in [0.717, 1.165) is 31.2 Å². The Morgan fingerprint density at radius 1 is 1.00 bits per heavy atom. The SMILES string of the molecule is NCC1(Cc2cccc(Cl)c2Cl)CCc2ccccc2C1. The minimum atomic E-state index is 0.0860. The zero-order valence-electron chi connectivity index (χ0n) is 11.9. The molecule has 0 saturated carbocycles. The molecule has 1 nitrogen and oxygen atoms in total. The molecule has 21 heavy (non-hydrogen) atoms. The molecule has 3 heteroatoms. The first-order valence-corrected chi connectivity index (χ1v) is 8.09. The Balaban J connectivity index is 1.91. The highest BCUT2D eigenvalue weighted by Crippen LogP contribution is 2.39. The van der Waals surface area contributed by atoms with E-state index in [-0.39, 0.29) is 5.41 Å². The van der Waals surface area contributed by atoms with Gasteiger partial charge in [-0.3, -0.25) is 0 Å². The van der Waals surface area contributed by atoms with Gasteiger partial charge < -0.3 is 5.73 Å². The summed E-state index contributed by atoms with van der Waals surface area (Å²) in [6, 6.07) is 14.5. The lowest BCUT2D eigenvalue weighted by atomic mass is 9.68. The first-order chi connectivity index (χ1) is 10.1. The zero-order valence-corrected chi connectivity index (χ0v) is 13.4. The highest BCUT2D eigenvalue weighted by atomic mass is 35.5. The molecule has 0 aromatic heterocycles. The van der Waals surface area contributed by atoms with Crippen molar-refractivity contribution in [1.82, 2.24) is 0 Å². The van der Waals surface area contributed by atoms with Crippen LogP contribution in [-0.4, -0.2) is 6.54 Å². The van der Waals surface area contributed by atoms with Crippen LogP contribution in [0.1, 0.15) is 23.1 Å². The van der Waals surface area contributed by atoms with Crippen LogP contribution < -0.4 is 5.73 Å². The number of rotatable bonds is 3. The summed E-state index contributed by atoms with van der Waals surface area (Å²) < 4.78 is 0. The molecule has 0 saturated heterocycles. The van der Waals surface area contributed by atoms with Crippen molar-refractivity contribution in [3.63, 3.8) is 0 Å². The lowest BCUT2D eigenvalue weighted by molar-refractivity contribution is 0.254. The van der Waals surface area contributed by atoms with Crippen molar-refractivity contribution in [2.75, 3.05) is 6.54 Å². The maximum absolute atomic E-state index is 6.36. The summed E-state index contributed by atoms with van der Waals surface area (Å²) in [5.41, 5.74) is 10.2. The second-order valence-corrected chi connectivity index (χ2v) is 6.82. The van der Waals surface area contributed by atoms with Crippen LogP contribution in [0.15, 0.2) is 42.5 Å². The van der Waals surface area contributed by atoms with Gasteiger partial charge in [-0.25, -0.2) is 0 Å². The van der Waals surface area contributed by atoms with Gasteiger partial charge in [0.2, 0.25) is 0 Å². The molecule has 2 aromatic carbocycles. The van der Waals surface area contributed by atoms with Gasteiger partial charge in [0.1, 0.15) is 0 Å². The van der Waals surface area contributed by atoms with Crippen molar-refractivity contribution in [2.24, 2.45) is 11.1 Å². The Bertz CT molecular complexity index is 653. The number of hydrogen-bond acceptors (Lipinski definition) is 1. The van der Waals surface area contributed by atoms with E-state index < -0.39 is 0 Å². The van der Waals surface area contributed by atoms with Crippen LogP contribution >= 0.6 is 23.2 Å². The van der Waals surface area contributed by atoms with Crippen LogP contribution in [0.3, 0.4) is 0 Å².